The minimum atomic E-state index is -0.762. The van der Waals surface area contributed by atoms with E-state index in [0.29, 0.717) is 35.7 Å². The Morgan fingerprint density at radius 2 is 2.03 bits per heavy atom. The molecule has 6 nitrogen and oxygen atoms in total. The van der Waals surface area contributed by atoms with E-state index < -0.39 is 5.60 Å². The Balaban J connectivity index is 1.41. The van der Waals surface area contributed by atoms with E-state index in [2.05, 4.69) is 5.10 Å². The topological polar surface area (TPSA) is 64.4 Å². The summed E-state index contributed by atoms with van der Waals surface area (Å²) < 4.78 is 7.45. The van der Waals surface area contributed by atoms with Gasteiger partial charge in [0.2, 0.25) is 0 Å². The van der Waals surface area contributed by atoms with Crippen LogP contribution in [0.4, 0.5) is 0 Å². The van der Waals surface area contributed by atoms with E-state index in [0.717, 1.165) is 16.9 Å². The Morgan fingerprint density at radius 3 is 2.79 bits per heavy atom. The largest absolute Gasteiger partial charge is 0.449 e. The third-order valence-corrected chi connectivity index (χ3v) is 5.93. The Hall–Kier alpha value is -3.12. The summed E-state index contributed by atoms with van der Waals surface area (Å²) >= 11 is 6.44. The number of aryl methyl sites for hydroxylation is 1. The van der Waals surface area contributed by atoms with Crippen LogP contribution in [0.3, 0.4) is 0 Å². The zero-order valence-corrected chi connectivity index (χ0v) is 16.5. The molecule has 0 unspecified atom stereocenters. The number of likely N-dealkylation sites (tertiary alicyclic amines) is 1. The maximum absolute atomic E-state index is 13.1. The number of hydrogen-bond donors (Lipinski definition) is 0. The second kappa shape index (κ2) is 6.46. The van der Waals surface area contributed by atoms with Crippen molar-refractivity contribution in [1.82, 2.24) is 14.7 Å². The predicted octanol–water partition coefficient (Wildman–Crippen LogP) is 3.75. The Kier molecular flexibility index (Phi) is 3.99. The first-order valence-electron chi connectivity index (χ1n) is 9.41. The number of nitrogens with zero attached hydrogens (tertiary/aromatic N) is 3. The Labute approximate surface area is 172 Å². The van der Waals surface area contributed by atoms with E-state index in [1.165, 1.54) is 0 Å². The maximum atomic E-state index is 13.1. The molecule has 1 atom stereocenters. The van der Waals surface area contributed by atoms with Crippen LogP contribution in [-0.2, 0) is 10.3 Å². The first kappa shape index (κ1) is 17.9. The van der Waals surface area contributed by atoms with Gasteiger partial charge in [0.05, 0.1) is 34.1 Å². The standard InChI is InChI=1S/C22H18ClN3O3/c1-14-8-10-26(24-14)15-6-7-17(19(23)12-15)20(27)25-11-9-22(13-25)18-5-3-2-4-16(18)21(28)29-22/h2-8,10,12H,9,11,13H2,1H3/t22-/m0/s1. The van der Waals surface area contributed by atoms with Gasteiger partial charge in [-0.15, -0.1) is 0 Å². The Bertz CT molecular complexity index is 1160. The molecule has 5 rings (SSSR count). The van der Waals surface area contributed by atoms with Crippen LogP contribution in [-0.4, -0.2) is 39.6 Å². The number of esters is 1. The van der Waals surface area contributed by atoms with Crippen molar-refractivity contribution in [3.05, 3.63) is 82.1 Å². The van der Waals surface area contributed by atoms with E-state index in [9.17, 15) is 9.59 Å². The van der Waals surface area contributed by atoms with E-state index in [1.54, 1.807) is 27.8 Å². The minimum absolute atomic E-state index is 0.171. The van der Waals surface area contributed by atoms with Gasteiger partial charge in [-0.1, -0.05) is 29.8 Å². The third-order valence-electron chi connectivity index (χ3n) is 5.61. The summed E-state index contributed by atoms with van der Waals surface area (Å²) in [6, 6.07) is 14.6. The van der Waals surface area contributed by atoms with Gasteiger partial charge in [0.25, 0.3) is 5.91 Å². The molecule has 1 saturated heterocycles. The average molecular weight is 408 g/mol. The molecule has 7 heteroatoms. The fourth-order valence-corrected chi connectivity index (χ4v) is 4.41. The summed E-state index contributed by atoms with van der Waals surface area (Å²) in [4.78, 5) is 27.1. The summed E-state index contributed by atoms with van der Waals surface area (Å²) in [6.07, 6.45) is 2.42. The third kappa shape index (κ3) is 2.83. The molecule has 29 heavy (non-hydrogen) atoms. The summed E-state index contributed by atoms with van der Waals surface area (Å²) in [5.41, 5.74) is 2.79. The fourth-order valence-electron chi connectivity index (χ4n) is 4.15. The molecular weight excluding hydrogens is 390 g/mol. The summed E-state index contributed by atoms with van der Waals surface area (Å²) in [5.74, 6) is -0.498. The molecule has 146 valence electrons. The SMILES string of the molecule is Cc1ccn(-c2ccc(C(=O)N3CC[C@@]4(C3)OC(=O)c3ccccc34)c(Cl)c2)n1. The first-order valence-corrected chi connectivity index (χ1v) is 9.79. The molecular formula is C22H18ClN3O3. The van der Waals surface area contributed by atoms with E-state index in [4.69, 9.17) is 16.3 Å². The summed E-state index contributed by atoms with van der Waals surface area (Å²) in [6.45, 7) is 2.73. The van der Waals surface area contributed by atoms with Crippen molar-refractivity contribution in [2.24, 2.45) is 0 Å². The van der Waals surface area contributed by atoms with Crippen molar-refractivity contribution in [3.8, 4) is 5.69 Å². The number of carbonyl (C=O) groups is 2. The van der Waals surface area contributed by atoms with Gasteiger partial charge in [0, 0.05) is 24.7 Å². The Morgan fingerprint density at radius 1 is 1.21 bits per heavy atom. The zero-order valence-electron chi connectivity index (χ0n) is 15.8. The lowest BCUT2D eigenvalue weighted by molar-refractivity contribution is -0.00306. The molecule has 0 bridgehead atoms. The monoisotopic (exact) mass is 407 g/mol. The fraction of sp³-hybridized carbons (Fsp3) is 0.227. The van der Waals surface area contributed by atoms with Crippen molar-refractivity contribution in [2.75, 3.05) is 13.1 Å². The van der Waals surface area contributed by atoms with Crippen molar-refractivity contribution >= 4 is 23.5 Å². The second-order valence-corrected chi connectivity index (χ2v) is 7.88. The molecule has 3 heterocycles. The molecule has 0 saturated carbocycles. The van der Waals surface area contributed by atoms with Crippen LogP contribution in [0.15, 0.2) is 54.7 Å². The number of hydrogen-bond acceptors (Lipinski definition) is 4. The number of rotatable bonds is 2. The molecule has 1 spiro atoms. The maximum Gasteiger partial charge on any atom is 0.339 e. The highest BCUT2D eigenvalue weighted by atomic mass is 35.5. The van der Waals surface area contributed by atoms with Crippen LogP contribution < -0.4 is 0 Å². The van der Waals surface area contributed by atoms with Gasteiger partial charge in [-0.2, -0.15) is 5.10 Å². The first-order chi connectivity index (χ1) is 14.0. The normalized spacial score (nSPS) is 20.2. The van der Waals surface area contributed by atoms with Gasteiger partial charge in [0.1, 0.15) is 0 Å². The van der Waals surface area contributed by atoms with Crippen LogP contribution in [0.1, 0.15) is 38.4 Å². The molecule has 1 amide bonds. The van der Waals surface area contributed by atoms with Crippen LogP contribution in [0.5, 0.6) is 0 Å². The highest BCUT2D eigenvalue weighted by molar-refractivity contribution is 6.34. The van der Waals surface area contributed by atoms with E-state index >= 15 is 0 Å². The number of aromatic nitrogens is 2. The van der Waals surface area contributed by atoms with Crippen LogP contribution in [0.2, 0.25) is 5.02 Å². The molecule has 0 aliphatic carbocycles. The molecule has 3 aromatic rings. The van der Waals surface area contributed by atoms with Crippen molar-refractivity contribution in [3.63, 3.8) is 0 Å². The summed E-state index contributed by atoms with van der Waals surface area (Å²) in [5, 5.41) is 4.73. The van der Waals surface area contributed by atoms with Gasteiger partial charge in [0.15, 0.2) is 5.60 Å². The van der Waals surface area contributed by atoms with Gasteiger partial charge < -0.3 is 9.64 Å². The minimum Gasteiger partial charge on any atom is -0.449 e. The van der Waals surface area contributed by atoms with E-state index in [-0.39, 0.29) is 11.9 Å². The summed E-state index contributed by atoms with van der Waals surface area (Å²) in [7, 11) is 0. The number of benzene rings is 2. The van der Waals surface area contributed by atoms with Crippen molar-refractivity contribution in [2.45, 2.75) is 18.9 Å². The lowest BCUT2D eigenvalue weighted by atomic mass is 9.91. The van der Waals surface area contributed by atoms with Gasteiger partial charge >= 0.3 is 5.97 Å². The average Bonchev–Trinajstić information content (AvgIpc) is 3.41. The predicted molar refractivity (Wildman–Crippen MR) is 107 cm³/mol. The van der Waals surface area contributed by atoms with E-state index in [1.807, 2.05) is 43.5 Å². The highest BCUT2D eigenvalue weighted by Crippen LogP contribution is 2.43. The smallest absolute Gasteiger partial charge is 0.339 e. The number of amides is 1. The van der Waals surface area contributed by atoms with Gasteiger partial charge in [-0.25, -0.2) is 9.48 Å². The van der Waals surface area contributed by atoms with Gasteiger partial charge in [-0.3, -0.25) is 4.79 Å². The van der Waals surface area contributed by atoms with Crippen LogP contribution >= 0.6 is 11.6 Å². The lowest BCUT2D eigenvalue weighted by Crippen LogP contribution is -2.34. The van der Waals surface area contributed by atoms with Crippen LogP contribution in [0.25, 0.3) is 5.69 Å². The van der Waals surface area contributed by atoms with Crippen LogP contribution in [0, 0.1) is 6.92 Å². The molecule has 0 radical (unpaired) electrons. The highest BCUT2D eigenvalue weighted by Gasteiger charge is 2.51. The molecule has 1 fully saturated rings. The number of fused-ring (bicyclic) bond motifs is 2. The molecule has 2 aromatic carbocycles. The number of carbonyl (C=O) groups excluding carboxylic acids is 2. The van der Waals surface area contributed by atoms with Crippen molar-refractivity contribution < 1.29 is 14.3 Å². The van der Waals surface area contributed by atoms with Gasteiger partial charge in [-0.05, 0) is 37.3 Å². The lowest BCUT2D eigenvalue weighted by Gasteiger charge is -2.24. The van der Waals surface area contributed by atoms with Crippen molar-refractivity contribution in [1.29, 1.82) is 0 Å². The molecule has 0 N–H and O–H groups in total. The zero-order chi connectivity index (χ0) is 20.2. The number of ether oxygens (including phenoxy) is 1. The quantitative estimate of drug-likeness (QED) is 0.607. The molecule has 2 aliphatic rings. The molecule has 1 aromatic heterocycles. The molecule has 2 aliphatic heterocycles. The number of halogens is 1. The second-order valence-electron chi connectivity index (χ2n) is 7.47.